The normalized spacial score (nSPS) is 15.4. The van der Waals surface area contributed by atoms with Crippen LogP contribution in [0.4, 0.5) is 11.4 Å². The molecule has 2 aromatic rings. The van der Waals surface area contributed by atoms with Crippen molar-refractivity contribution in [1.82, 2.24) is 4.90 Å². The summed E-state index contributed by atoms with van der Waals surface area (Å²) in [5, 5.41) is 0.476. The van der Waals surface area contributed by atoms with Crippen molar-refractivity contribution in [1.29, 1.82) is 0 Å². The summed E-state index contributed by atoms with van der Waals surface area (Å²) in [6.07, 6.45) is 0. The molecule has 1 saturated heterocycles. The standard InChI is InChI=1S/C24H32ClN3O4S/c1-5-27-11-13-28(14-12-27)22-10-9-19(23(29)32-24(2,3)4)16-21(22)26-33(30,31)17-18-7-6-8-20(25)15-18/h6-10,15-16,26H,5,11-14,17H2,1-4H3. The number of anilines is 2. The number of nitrogens with zero attached hydrogens (tertiary/aromatic N) is 2. The summed E-state index contributed by atoms with van der Waals surface area (Å²) in [5.74, 6) is -0.729. The van der Waals surface area contributed by atoms with Gasteiger partial charge < -0.3 is 14.5 Å². The van der Waals surface area contributed by atoms with E-state index in [4.69, 9.17) is 16.3 Å². The number of ether oxygens (including phenoxy) is 1. The second-order valence-electron chi connectivity index (χ2n) is 9.15. The molecule has 1 fully saturated rings. The molecule has 2 aromatic carbocycles. The fourth-order valence-electron chi connectivity index (χ4n) is 3.71. The molecule has 1 aliphatic heterocycles. The molecule has 0 bridgehead atoms. The minimum absolute atomic E-state index is 0.229. The third kappa shape index (κ3) is 7.35. The maximum atomic E-state index is 13.0. The topological polar surface area (TPSA) is 79.0 Å². The Morgan fingerprint density at radius 3 is 2.39 bits per heavy atom. The van der Waals surface area contributed by atoms with Crippen LogP contribution in [-0.4, -0.2) is 57.6 Å². The Morgan fingerprint density at radius 2 is 1.79 bits per heavy atom. The Hall–Kier alpha value is -2.29. The van der Waals surface area contributed by atoms with Crippen LogP contribution in [0, 0.1) is 0 Å². The van der Waals surface area contributed by atoms with Crippen molar-refractivity contribution in [2.75, 3.05) is 42.3 Å². The number of likely N-dealkylation sites (N-methyl/N-ethyl adjacent to an activating group) is 1. The summed E-state index contributed by atoms with van der Waals surface area (Å²) in [5.41, 5.74) is 1.33. The third-order valence-corrected chi connectivity index (χ3v) is 6.78. The van der Waals surface area contributed by atoms with Gasteiger partial charge in [0.05, 0.1) is 22.7 Å². The Kier molecular flexibility index (Phi) is 7.92. The molecule has 180 valence electrons. The van der Waals surface area contributed by atoms with E-state index in [0.717, 1.165) is 38.4 Å². The van der Waals surface area contributed by atoms with Crippen LogP contribution in [0.3, 0.4) is 0 Å². The molecule has 7 nitrogen and oxygen atoms in total. The van der Waals surface area contributed by atoms with E-state index in [2.05, 4.69) is 21.4 Å². The van der Waals surface area contributed by atoms with Gasteiger partial charge in [-0.3, -0.25) is 4.72 Å². The molecule has 0 unspecified atom stereocenters. The highest BCUT2D eigenvalue weighted by atomic mass is 35.5. The van der Waals surface area contributed by atoms with Gasteiger partial charge in [-0.2, -0.15) is 0 Å². The monoisotopic (exact) mass is 493 g/mol. The molecule has 0 amide bonds. The van der Waals surface area contributed by atoms with Gasteiger partial charge in [0.25, 0.3) is 0 Å². The highest BCUT2D eigenvalue weighted by molar-refractivity contribution is 7.91. The van der Waals surface area contributed by atoms with Crippen molar-refractivity contribution in [2.24, 2.45) is 0 Å². The van der Waals surface area contributed by atoms with Crippen LogP contribution in [0.25, 0.3) is 0 Å². The number of sulfonamides is 1. The van der Waals surface area contributed by atoms with Crippen LogP contribution in [0.15, 0.2) is 42.5 Å². The van der Waals surface area contributed by atoms with E-state index in [0.29, 0.717) is 21.8 Å². The molecule has 3 rings (SSSR count). The first-order valence-electron chi connectivity index (χ1n) is 11.1. The Morgan fingerprint density at radius 1 is 1.09 bits per heavy atom. The van der Waals surface area contributed by atoms with E-state index in [9.17, 15) is 13.2 Å². The van der Waals surface area contributed by atoms with Gasteiger partial charge >= 0.3 is 5.97 Å². The minimum atomic E-state index is -3.76. The number of carbonyl (C=O) groups is 1. The van der Waals surface area contributed by atoms with E-state index < -0.39 is 21.6 Å². The summed E-state index contributed by atoms with van der Waals surface area (Å²) in [7, 11) is -3.76. The highest BCUT2D eigenvalue weighted by Crippen LogP contribution is 2.30. The first-order valence-corrected chi connectivity index (χ1v) is 13.1. The van der Waals surface area contributed by atoms with Crippen molar-refractivity contribution < 1.29 is 17.9 Å². The summed E-state index contributed by atoms with van der Waals surface area (Å²) in [6, 6.07) is 11.8. The van der Waals surface area contributed by atoms with E-state index >= 15 is 0 Å². The molecule has 1 aliphatic rings. The molecule has 1 N–H and O–H groups in total. The van der Waals surface area contributed by atoms with Crippen LogP contribution >= 0.6 is 11.6 Å². The van der Waals surface area contributed by atoms with Gasteiger partial charge in [0.2, 0.25) is 10.0 Å². The van der Waals surface area contributed by atoms with Crippen molar-refractivity contribution >= 4 is 39.0 Å². The van der Waals surface area contributed by atoms with E-state index in [1.807, 2.05) is 0 Å². The lowest BCUT2D eigenvalue weighted by atomic mass is 10.1. The largest absolute Gasteiger partial charge is 0.456 e. The van der Waals surface area contributed by atoms with Gasteiger partial charge in [-0.05, 0) is 63.2 Å². The fraction of sp³-hybridized carbons (Fsp3) is 0.458. The molecule has 0 aliphatic carbocycles. The predicted octanol–water partition coefficient (Wildman–Crippen LogP) is 4.38. The number of nitrogens with one attached hydrogen (secondary N) is 1. The van der Waals surface area contributed by atoms with Crippen molar-refractivity contribution in [3.05, 3.63) is 58.6 Å². The molecule has 9 heteroatoms. The summed E-state index contributed by atoms with van der Waals surface area (Å²) < 4.78 is 34.2. The molecule has 0 radical (unpaired) electrons. The van der Waals surface area contributed by atoms with Crippen molar-refractivity contribution in [3.63, 3.8) is 0 Å². The number of carbonyl (C=O) groups excluding carboxylic acids is 1. The maximum absolute atomic E-state index is 13.0. The van der Waals surface area contributed by atoms with Gasteiger partial charge in [-0.1, -0.05) is 30.7 Å². The maximum Gasteiger partial charge on any atom is 0.338 e. The number of halogens is 1. The average molecular weight is 494 g/mol. The van der Waals surface area contributed by atoms with E-state index in [1.165, 1.54) is 0 Å². The Balaban J connectivity index is 1.91. The SMILES string of the molecule is CCN1CCN(c2ccc(C(=O)OC(C)(C)C)cc2NS(=O)(=O)Cc2cccc(Cl)c2)CC1. The van der Waals surface area contributed by atoms with E-state index in [1.54, 1.807) is 63.2 Å². The van der Waals surface area contributed by atoms with Crippen LogP contribution in [-0.2, 0) is 20.5 Å². The lowest BCUT2D eigenvalue weighted by Crippen LogP contribution is -2.46. The molecular formula is C24H32ClN3O4S. The van der Waals surface area contributed by atoms with Gasteiger partial charge in [0, 0.05) is 31.2 Å². The van der Waals surface area contributed by atoms with Gasteiger partial charge in [-0.15, -0.1) is 0 Å². The zero-order valence-corrected chi connectivity index (χ0v) is 21.2. The molecule has 33 heavy (non-hydrogen) atoms. The smallest absolute Gasteiger partial charge is 0.338 e. The molecule has 0 saturated carbocycles. The molecule has 0 atom stereocenters. The zero-order chi connectivity index (χ0) is 24.2. The van der Waals surface area contributed by atoms with Gasteiger partial charge in [0.1, 0.15) is 5.60 Å². The second kappa shape index (κ2) is 10.3. The fourth-order valence-corrected chi connectivity index (χ4v) is 5.11. The lowest BCUT2D eigenvalue weighted by molar-refractivity contribution is 0.00695. The number of hydrogen-bond acceptors (Lipinski definition) is 6. The number of piperazine rings is 1. The molecule has 1 heterocycles. The second-order valence-corrected chi connectivity index (χ2v) is 11.3. The average Bonchev–Trinajstić information content (AvgIpc) is 2.72. The first-order chi connectivity index (χ1) is 15.5. The van der Waals surface area contributed by atoms with Crippen molar-refractivity contribution in [2.45, 2.75) is 39.0 Å². The van der Waals surface area contributed by atoms with Crippen molar-refractivity contribution in [3.8, 4) is 0 Å². The van der Waals surface area contributed by atoms with Gasteiger partial charge in [0.15, 0.2) is 0 Å². The zero-order valence-electron chi connectivity index (χ0n) is 19.6. The quantitative estimate of drug-likeness (QED) is 0.577. The summed E-state index contributed by atoms with van der Waals surface area (Å²) >= 11 is 6.02. The third-order valence-electron chi connectivity index (χ3n) is 5.30. The molecule has 0 spiro atoms. The Labute approximate surface area is 201 Å². The van der Waals surface area contributed by atoms with Crippen LogP contribution in [0.5, 0.6) is 0 Å². The number of hydrogen-bond donors (Lipinski definition) is 1. The number of benzene rings is 2. The molecular weight excluding hydrogens is 462 g/mol. The highest BCUT2D eigenvalue weighted by Gasteiger charge is 2.24. The summed E-state index contributed by atoms with van der Waals surface area (Å²) in [6.45, 7) is 11.8. The van der Waals surface area contributed by atoms with E-state index in [-0.39, 0.29) is 5.75 Å². The lowest BCUT2D eigenvalue weighted by Gasteiger charge is -2.36. The Bertz CT molecular complexity index is 1090. The minimum Gasteiger partial charge on any atom is -0.456 e. The summed E-state index contributed by atoms with van der Waals surface area (Å²) in [4.78, 5) is 17.1. The predicted molar refractivity (Wildman–Crippen MR) is 134 cm³/mol. The first kappa shape index (κ1) is 25.3. The van der Waals surface area contributed by atoms with Crippen LogP contribution < -0.4 is 9.62 Å². The van der Waals surface area contributed by atoms with Gasteiger partial charge in [-0.25, -0.2) is 13.2 Å². The molecule has 0 aromatic heterocycles. The number of rotatable bonds is 7. The number of esters is 1. The van der Waals surface area contributed by atoms with Crippen LogP contribution in [0.2, 0.25) is 5.02 Å². The van der Waals surface area contributed by atoms with Crippen LogP contribution in [0.1, 0.15) is 43.6 Å².